The fourth-order valence-electron chi connectivity index (χ4n) is 4.93. The molecule has 2 heterocycles. The molecule has 1 aromatic carbocycles. The molecule has 1 atom stereocenters. The smallest absolute Gasteiger partial charge is 0.257 e. The van der Waals surface area contributed by atoms with Crippen molar-refractivity contribution in [1.82, 2.24) is 9.88 Å². The molecule has 1 saturated carbocycles. The summed E-state index contributed by atoms with van der Waals surface area (Å²) < 4.78 is 0. The molecule has 192 valence electrons. The van der Waals surface area contributed by atoms with Crippen LogP contribution in [0.15, 0.2) is 41.4 Å². The number of nitrogens with one attached hydrogen (secondary N) is 1. The zero-order chi connectivity index (χ0) is 26.5. The molecule has 37 heavy (non-hydrogen) atoms. The monoisotopic (exact) mass is 519 g/mol. The van der Waals surface area contributed by atoms with Gasteiger partial charge in [0.05, 0.1) is 23.4 Å². The number of nitriles is 1. The van der Waals surface area contributed by atoms with Gasteiger partial charge in [-0.05, 0) is 56.2 Å². The second kappa shape index (κ2) is 11.6. The molecule has 0 radical (unpaired) electrons. The maximum Gasteiger partial charge on any atom is 0.257 e. The van der Waals surface area contributed by atoms with E-state index in [1.165, 1.54) is 18.7 Å². The van der Waals surface area contributed by atoms with Gasteiger partial charge in [0.2, 0.25) is 17.7 Å². The number of nitrogens with zero attached hydrogens (tertiary/aromatic N) is 4. The predicted molar refractivity (Wildman–Crippen MR) is 140 cm³/mol. The van der Waals surface area contributed by atoms with Gasteiger partial charge in [0.25, 0.3) is 5.91 Å². The van der Waals surface area contributed by atoms with E-state index in [0.29, 0.717) is 22.0 Å². The highest BCUT2D eigenvalue weighted by Crippen LogP contribution is 2.32. The maximum atomic E-state index is 13.6. The molecule has 4 amide bonds. The topological polar surface area (TPSA) is 123 Å². The van der Waals surface area contributed by atoms with E-state index in [1.54, 1.807) is 41.3 Å². The molecule has 1 saturated heterocycles. The number of amides is 4. The average Bonchev–Trinajstić information content (AvgIpc) is 3.17. The number of anilines is 2. The number of aryl methyl sites for hydroxylation is 1. The molecule has 9 nitrogen and oxygen atoms in total. The van der Waals surface area contributed by atoms with Gasteiger partial charge < -0.3 is 10.2 Å². The van der Waals surface area contributed by atoms with Crippen LogP contribution in [0.1, 0.15) is 56.7 Å². The van der Waals surface area contributed by atoms with Crippen molar-refractivity contribution in [3.63, 3.8) is 0 Å². The number of thioether (sulfide) groups is 1. The van der Waals surface area contributed by atoms with Crippen molar-refractivity contribution in [2.75, 3.05) is 16.0 Å². The van der Waals surface area contributed by atoms with E-state index in [0.717, 1.165) is 42.7 Å². The standard InChI is InChI=1S/C27H29N5O4S/c1-17-8-9-19(15-28)26(29-17)37-16-25(35)31(21-6-4-3-5-7-21)23-14-24(34)32(27(23)36)22-12-10-20(11-13-22)30-18(2)33/h8-13,21,23H,3-7,14,16H2,1-2H3,(H,30,33). The van der Waals surface area contributed by atoms with Crippen LogP contribution in [0.2, 0.25) is 0 Å². The third-order valence-electron chi connectivity index (χ3n) is 6.61. The van der Waals surface area contributed by atoms with Crippen molar-refractivity contribution >= 4 is 46.8 Å². The Morgan fingerprint density at radius 1 is 1.14 bits per heavy atom. The Hall–Kier alpha value is -3.71. The summed E-state index contributed by atoms with van der Waals surface area (Å²) in [6, 6.07) is 11.0. The molecule has 1 aromatic heterocycles. The van der Waals surface area contributed by atoms with Gasteiger partial charge in [-0.3, -0.25) is 19.2 Å². The Labute approximate surface area is 220 Å². The number of hydrogen-bond acceptors (Lipinski definition) is 7. The summed E-state index contributed by atoms with van der Waals surface area (Å²) in [5.74, 6) is -1.23. The van der Waals surface area contributed by atoms with E-state index in [1.807, 2.05) is 6.92 Å². The number of imide groups is 1. The Kier molecular flexibility index (Phi) is 8.24. The summed E-state index contributed by atoms with van der Waals surface area (Å²) in [7, 11) is 0. The fraction of sp³-hybridized carbons (Fsp3) is 0.407. The molecule has 1 N–H and O–H groups in total. The van der Waals surface area contributed by atoms with Gasteiger partial charge in [-0.15, -0.1) is 0 Å². The van der Waals surface area contributed by atoms with Crippen LogP contribution in [-0.2, 0) is 19.2 Å². The lowest BCUT2D eigenvalue weighted by Crippen LogP contribution is -2.52. The first-order chi connectivity index (χ1) is 17.8. The average molecular weight is 520 g/mol. The summed E-state index contributed by atoms with van der Waals surface area (Å²) in [4.78, 5) is 58.6. The van der Waals surface area contributed by atoms with Gasteiger partial charge in [-0.25, -0.2) is 9.88 Å². The molecule has 1 aliphatic heterocycles. The van der Waals surface area contributed by atoms with Crippen LogP contribution >= 0.6 is 11.8 Å². The highest BCUT2D eigenvalue weighted by atomic mass is 32.2. The normalized spacial score (nSPS) is 18.0. The van der Waals surface area contributed by atoms with Crippen LogP contribution in [0.4, 0.5) is 11.4 Å². The van der Waals surface area contributed by atoms with E-state index in [4.69, 9.17) is 0 Å². The predicted octanol–water partition coefficient (Wildman–Crippen LogP) is 3.81. The van der Waals surface area contributed by atoms with Crippen molar-refractivity contribution in [3.05, 3.63) is 47.7 Å². The minimum absolute atomic E-state index is 0.0189. The zero-order valence-electron chi connectivity index (χ0n) is 20.9. The SMILES string of the molecule is CC(=O)Nc1ccc(N2C(=O)CC(N(C(=O)CSc3nc(C)ccc3C#N)C3CCCCC3)C2=O)cc1. The molecule has 0 bridgehead atoms. The highest BCUT2D eigenvalue weighted by molar-refractivity contribution is 8.00. The van der Waals surface area contributed by atoms with E-state index >= 15 is 0 Å². The molecule has 2 aliphatic rings. The lowest BCUT2D eigenvalue weighted by molar-refractivity contribution is -0.139. The molecular formula is C27H29N5O4S. The van der Waals surface area contributed by atoms with E-state index in [9.17, 15) is 24.4 Å². The van der Waals surface area contributed by atoms with Crippen molar-refractivity contribution in [1.29, 1.82) is 5.26 Å². The Bertz CT molecular complexity index is 1250. The van der Waals surface area contributed by atoms with Gasteiger partial charge in [-0.1, -0.05) is 31.0 Å². The third-order valence-corrected chi connectivity index (χ3v) is 7.59. The number of aromatic nitrogens is 1. The fourth-order valence-corrected chi connectivity index (χ4v) is 5.81. The number of pyridine rings is 1. The minimum Gasteiger partial charge on any atom is -0.326 e. The van der Waals surface area contributed by atoms with Crippen LogP contribution in [0.5, 0.6) is 0 Å². The highest BCUT2D eigenvalue weighted by Gasteiger charge is 2.46. The largest absolute Gasteiger partial charge is 0.326 e. The van der Waals surface area contributed by atoms with Crippen molar-refractivity contribution < 1.29 is 19.2 Å². The summed E-state index contributed by atoms with van der Waals surface area (Å²) in [5, 5.41) is 12.6. The molecule has 4 rings (SSSR count). The van der Waals surface area contributed by atoms with Crippen LogP contribution in [0.25, 0.3) is 0 Å². The number of rotatable bonds is 7. The maximum absolute atomic E-state index is 13.6. The van der Waals surface area contributed by atoms with Gasteiger partial charge in [0.1, 0.15) is 17.1 Å². The third kappa shape index (κ3) is 6.00. The summed E-state index contributed by atoms with van der Waals surface area (Å²) in [5.41, 5.74) is 2.10. The molecular weight excluding hydrogens is 490 g/mol. The quantitative estimate of drug-likeness (QED) is 0.436. The van der Waals surface area contributed by atoms with Crippen molar-refractivity contribution in [2.45, 2.75) is 69.5 Å². The van der Waals surface area contributed by atoms with Crippen LogP contribution in [-0.4, -0.2) is 51.3 Å². The number of carbonyl (C=O) groups excluding carboxylic acids is 4. The van der Waals surface area contributed by atoms with Crippen LogP contribution < -0.4 is 10.2 Å². The minimum atomic E-state index is -0.875. The van der Waals surface area contributed by atoms with Crippen LogP contribution in [0.3, 0.4) is 0 Å². The van der Waals surface area contributed by atoms with Gasteiger partial charge >= 0.3 is 0 Å². The van der Waals surface area contributed by atoms with Gasteiger partial charge in [0, 0.05) is 24.3 Å². The molecule has 0 spiro atoms. The van der Waals surface area contributed by atoms with Gasteiger partial charge in [0.15, 0.2) is 0 Å². The number of hydrogen-bond donors (Lipinski definition) is 1. The van der Waals surface area contributed by atoms with Gasteiger partial charge in [-0.2, -0.15) is 5.26 Å². The summed E-state index contributed by atoms with van der Waals surface area (Å²) in [6.07, 6.45) is 4.49. The van der Waals surface area contributed by atoms with E-state index < -0.39 is 11.9 Å². The first-order valence-corrected chi connectivity index (χ1v) is 13.3. The zero-order valence-corrected chi connectivity index (χ0v) is 21.7. The molecule has 1 aliphatic carbocycles. The Balaban J connectivity index is 1.56. The molecule has 1 unspecified atom stereocenters. The first-order valence-electron chi connectivity index (χ1n) is 12.3. The van der Waals surface area contributed by atoms with Crippen molar-refractivity contribution in [2.24, 2.45) is 0 Å². The molecule has 2 fully saturated rings. The van der Waals surface area contributed by atoms with E-state index in [2.05, 4.69) is 16.4 Å². The lowest BCUT2D eigenvalue weighted by atomic mass is 9.92. The van der Waals surface area contributed by atoms with Crippen molar-refractivity contribution in [3.8, 4) is 6.07 Å². The van der Waals surface area contributed by atoms with E-state index in [-0.39, 0.29) is 35.9 Å². The van der Waals surface area contributed by atoms with Crippen LogP contribution in [0, 0.1) is 18.3 Å². The second-order valence-electron chi connectivity index (χ2n) is 9.31. The second-order valence-corrected chi connectivity index (χ2v) is 10.3. The lowest BCUT2D eigenvalue weighted by Gasteiger charge is -2.37. The Morgan fingerprint density at radius 2 is 1.84 bits per heavy atom. The summed E-state index contributed by atoms with van der Waals surface area (Å²) in [6.45, 7) is 3.22. The summed E-state index contributed by atoms with van der Waals surface area (Å²) >= 11 is 1.18. The molecule has 2 aromatic rings. The number of carbonyl (C=O) groups is 4. The first kappa shape index (κ1) is 26.4. The molecule has 10 heteroatoms. The Morgan fingerprint density at radius 3 is 2.49 bits per heavy atom. The number of benzene rings is 1.